The molecule has 0 radical (unpaired) electrons. The van der Waals surface area contributed by atoms with Crippen molar-refractivity contribution in [2.45, 2.75) is 44.4 Å². The number of likely N-dealkylation sites (N-methyl/N-ethyl adjacent to an activating group) is 1. The number of primary amides is 1. The number of hydrogen-bond donors (Lipinski definition) is 3. The average Bonchev–Trinajstić information content (AvgIpc) is 3.01. The first-order valence-corrected chi connectivity index (χ1v) is 9.14. The van der Waals surface area contributed by atoms with E-state index in [1.807, 2.05) is 13.8 Å². The van der Waals surface area contributed by atoms with E-state index in [-0.39, 0.29) is 30.7 Å². The number of ether oxygens (including phenoxy) is 1. The Morgan fingerprint density at radius 3 is 2.74 bits per heavy atom. The number of anilines is 1. The molecule has 2 aliphatic rings. The third-order valence-corrected chi connectivity index (χ3v) is 5.14. The number of para-hydroxylation sites is 2. The number of fused-ring (bicyclic) bond motifs is 1. The van der Waals surface area contributed by atoms with Crippen LogP contribution in [0, 0.1) is 5.92 Å². The smallest absolute Gasteiger partial charge is 0.270 e. The summed E-state index contributed by atoms with van der Waals surface area (Å²) in [6, 6.07) is 5.73. The molecule has 8 nitrogen and oxygen atoms in total. The van der Waals surface area contributed by atoms with Crippen molar-refractivity contribution in [3.63, 3.8) is 0 Å². The van der Waals surface area contributed by atoms with E-state index in [0.29, 0.717) is 17.9 Å². The molecule has 2 heterocycles. The Hall–Kier alpha value is -2.61. The van der Waals surface area contributed by atoms with Crippen molar-refractivity contribution in [2.75, 3.05) is 18.9 Å². The van der Waals surface area contributed by atoms with E-state index in [9.17, 15) is 14.4 Å². The first-order chi connectivity index (χ1) is 12.8. The summed E-state index contributed by atoms with van der Waals surface area (Å²) in [7, 11) is 1.70. The normalized spacial score (nSPS) is 25.1. The Morgan fingerprint density at radius 1 is 1.41 bits per heavy atom. The van der Waals surface area contributed by atoms with Gasteiger partial charge in [0.15, 0.2) is 0 Å². The first-order valence-electron chi connectivity index (χ1n) is 9.14. The maximum Gasteiger partial charge on any atom is 0.270 e. The maximum absolute atomic E-state index is 13.1. The van der Waals surface area contributed by atoms with Gasteiger partial charge < -0.3 is 26.0 Å². The third kappa shape index (κ3) is 3.49. The van der Waals surface area contributed by atoms with Crippen LogP contribution in [0.1, 0.15) is 26.7 Å². The van der Waals surface area contributed by atoms with Gasteiger partial charge in [0.1, 0.15) is 11.8 Å². The van der Waals surface area contributed by atoms with Crippen molar-refractivity contribution >= 4 is 23.4 Å². The number of carbonyl (C=O) groups is 3. The molecule has 4 N–H and O–H groups in total. The van der Waals surface area contributed by atoms with Crippen LogP contribution in [0.3, 0.4) is 0 Å². The van der Waals surface area contributed by atoms with Crippen LogP contribution in [0.4, 0.5) is 5.69 Å². The van der Waals surface area contributed by atoms with Gasteiger partial charge in [0.05, 0.1) is 18.3 Å². The Bertz CT molecular complexity index is 766. The molecule has 0 aliphatic carbocycles. The monoisotopic (exact) mass is 374 g/mol. The van der Waals surface area contributed by atoms with Gasteiger partial charge in [-0.2, -0.15) is 0 Å². The maximum atomic E-state index is 13.1. The minimum Gasteiger partial charge on any atom is -0.473 e. The van der Waals surface area contributed by atoms with Crippen LogP contribution in [0.15, 0.2) is 24.3 Å². The van der Waals surface area contributed by atoms with Crippen molar-refractivity contribution in [2.24, 2.45) is 11.7 Å². The summed E-state index contributed by atoms with van der Waals surface area (Å²) >= 11 is 0. The van der Waals surface area contributed by atoms with E-state index in [1.54, 1.807) is 31.3 Å². The molecule has 2 unspecified atom stereocenters. The Kier molecular flexibility index (Phi) is 5.10. The fourth-order valence-corrected chi connectivity index (χ4v) is 3.76. The number of nitrogens with two attached hydrogens (primary N) is 1. The molecule has 0 bridgehead atoms. The van der Waals surface area contributed by atoms with Crippen LogP contribution in [0.5, 0.6) is 5.75 Å². The van der Waals surface area contributed by atoms with Crippen molar-refractivity contribution in [1.29, 1.82) is 0 Å². The Balaban J connectivity index is 1.90. The zero-order valence-corrected chi connectivity index (χ0v) is 15.8. The average molecular weight is 374 g/mol. The molecular formula is C19H26N4O4. The highest BCUT2D eigenvalue weighted by Crippen LogP contribution is 2.40. The molecule has 8 heteroatoms. The SMILES string of the molecule is CNC(CC(C)C)C(=O)N1CC2(C[C@H]1C(N)=O)Oc1ccccc1NC2=O. The highest BCUT2D eigenvalue weighted by atomic mass is 16.5. The van der Waals surface area contributed by atoms with Gasteiger partial charge in [0.2, 0.25) is 17.4 Å². The number of likely N-dealkylation sites (tertiary alicyclic amines) is 1. The van der Waals surface area contributed by atoms with E-state index in [4.69, 9.17) is 10.5 Å². The highest BCUT2D eigenvalue weighted by molar-refractivity contribution is 6.03. The lowest BCUT2D eigenvalue weighted by Crippen LogP contribution is -2.54. The molecule has 1 spiro atoms. The number of benzene rings is 1. The number of nitrogens with one attached hydrogen (secondary N) is 2. The Morgan fingerprint density at radius 2 is 2.11 bits per heavy atom. The summed E-state index contributed by atoms with van der Waals surface area (Å²) in [6.45, 7) is 4.02. The predicted molar refractivity (Wildman–Crippen MR) is 100 cm³/mol. The zero-order chi connectivity index (χ0) is 19.8. The molecule has 2 aliphatic heterocycles. The van der Waals surface area contributed by atoms with Gasteiger partial charge in [-0.05, 0) is 31.5 Å². The second kappa shape index (κ2) is 7.19. The minimum absolute atomic E-state index is 0.0180. The van der Waals surface area contributed by atoms with Gasteiger partial charge in [0.25, 0.3) is 5.91 Å². The summed E-state index contributed by atoms with van der Waals surface area (Å²) in [5, 5.41) is 5.82. The van der Waals surface area contributed by atoms with Crippen molar-refractivity contribution in [3.8, 4) is 5.75 Å². The standard InChI is InChI=1S/C19H26N4O4/c1-11(2)8-13(21-3)17(25)23-10-19(9-14(23)16(20)24)18(26)22-12-6-4-5-7-15(12)27-19/h4-7,11,13-14,21H,8-10H2,1-3H3,(H2,20,24)(H,22,26)/t13?,14-,19?/m0/s1. The quantitative estimate of drug-likeness (QED) is 0.694. The van der Waals surface area contributed by atoms with E-state index in [2.05, 4.69) is 10.6 Å². The molecule has 3 amide bonds. The lowest BCUT2D eigenvalue weighted by atomic mass is 9.96. The van der Waals surface area contributed by atoms with Gasteiger partial charge in [-0.1, -0.05) is 26.0 Å². The van der Waals surface area contributed by atoms with Crippen LogP contribution in [0.2, 0.25) is 0 Å². The van der Waals surface area contributed by atoms with Gasteiger partial charge in [-0.15, -0.1) is 0 Å². The summed E-state index contributed by atoms with van der Waals surface area (Å²) in [5.74, 6) is -0.456. The predicted octanol–water partition coefficient (Wildman–Crippen LogP) is 0.477. The number of amides is 3. The fourth-order valence-electron chi connectivity index (χ4n) is 3.76. The van der Waals surface area contributed by atoms with E-state index in [1.165, 1.54) is 4.90 Å². The van der Waals surface area contributed by atoms with Crippen LogP contribution in [-0.2, 0) is 14.4 Å². The van der Waals surface area contributed by atoms with E-state index < -0.39 is 23.6 Å². The molecule has 1 fully saturated rings. The molecule has 146 valence electrons. The van der Waals surface area contributed by atoms with Crippen LogP contribution in [0.25, 0.3) is 0 Å². The molecule has 1 aromatic carbocycles. The topological polar surface area (TPSA) is 114 Å². The number of nitrogens with zero attached hydrogens (tertiary/aromatic N) is 1. The highest BCUT2D eigenvalue weighted by Gasteiger charge is 2.57. The van der Waals surface area contributed by atoms with Crippen LogP contribution in [-0.4, -0.2) is 53.9 Å². The molecule has 1 saturated heterocycles. The molecule has 3 atom stereocenters. The zero-order valence-electron chi connectivity index (χ0n) is 15.8. The largest absolute Gasteiger partial charge is 0.473 e. The molecule has 0 saturated carbocycles. The van der Waals surface area contributed by atoms with Crippen molar-refractivity contribution < 1.29 is 19.1 Å². The molecular weight excluding hydrogens is 348 g/mol. The number of rotatable bonds is 5. The minimum atomic E-state index is -1.32. The van der Waals surface area contributed by atoms with Gasteiger partial charge in [-0.3, -0.25) is 14.4 Å². The second-order valence-corrected chi connectivity index (χ2v) is 7.61. The second-order valence-electron chi connectivity index (χ2n) is 7.61. The van der Waals surface area contributed by atoms with Crippen molar-refractivity contribution in [1.82, 2.24) is 10.2 Å². The van der Waals surface area contributed by atoms with E-state index in [0.717, 1.165) is 0 Å². The van der Waals surface area contributed by atoms with Gasteiger partial charge in [-0.25, -0.2) is 0 Å². The van der Waals surface area contributed by atoms with Crippen LogP contribution >= 0.6 is 0 Å². The summed E-state index contributed by atoms with van der Waals surface area (Å²) in [4.78, 5) is 39.3. The molecule has 1 aromatic rings. The van der Waals surface area contributed by atoms with Crippen LogP contribution < -0.4 is 21.1 Å². The molecule has 0 aromatic heterocycles. The number of carbonyl (C=O) groups excluding carboxylic acids is 3. The molecule has 27 heavy (non-hydrogen) atoms. The fraction of sp³-hybridized carbons (Fsp3) is 0.526. The summed E-state index contributed by atoms with van der Waals surface area (Å²) in [5.41, 5.74) is 4.81. The first kappa shape index (κ1) is 19.2. The molecule has 3 rings (SSSR count). The third-order valence-electron chi connectivity index (χ3n) is 5.14. The Labute approximate surface area is 158 Å². The van der Waals surface area contributed by atoms with E-state index >= 15 is 0 Å². The van der Waals surface area contributed by atoms with Gasteiger partial charge >= 0.3 is 0 Å². The summed E-state index contributed by atoms with van der Waals surface area (Å²) in [6.07, 6.45) is 0.645. The van der Waals surface area contributed by atoms with Gasteiger partial charge in [0, 0.05) is 6.42 Å². The summed E-state index contributed by atoms with van der Waals surface area (Å²) < 4.78 is 6.01. The lowest BCUT2D eigenvalue weighted by Gasteiger charge is -2.34. The lowest BCUT2D eigenvalue weighted by molar-refractivity contribution is -0.140. The van der Waals surface area contributed by atoms with Crippen molar-refractivity contribution in [3.05, 3.63) is 24.3 Å². The number of hydrogen-bond acceptors (Lipinski definition) is 5.